The van der Waals surface area contributed by atoms with E-state index < -0.39 is 9.84 Å². The number of sulfone groups is 1. The number of nitrogens with one attached hydrogen (secondary N) is 1. The molecule has 1 aliphatic heterocycles. The number of amides is 1. The van der Waals surface area contributed by atoms with E-state index in [-0.39, 0.29) is 11.8 Å². The number of unbranched alkanes of at least 4 members (excludes halogenated alkanes) is 1. The molecular weight excluding hydrogens is 226 g/mol. The molecule has 1 rings (SSSR count). The van der Waals surface area contributed by atoms with Crippen LogP contribution >= 0.6 is 0 Å². The summed E-state index contributed by atoms with van der Waals surface area (Å²) in [5.41, 5.74) is 0. The number of carbonyl (C=O) groups is 1. The first-order valence-corrected chi connectivity index (χ1v) is 7.83. The van der Waals surface area contributed by atoms with Gasteiger partial charge in [-0.15, -0.1) is 0 Å². The summed E-state index contributed by atoms with van der Waals surface area (Å²) in [5.74, 6) is 0.957. The normalized spacial score (nSPS) is 23.2. The van der Waals surface area contributed by atoms with Crippen molar-refractivity contribution in [1.82, 2.24) is 5.32 Å². The van der Waals surface area contributed by atoms with Crippen LogP contribution in [-0.4, -0.2) is 32.4 Å². The van der Waals surface area contributed by atoms with Crippen molar-refractivity contribution >= 4 is 15.7 Å². The lowest BCUT2D eigenvalue weighted by Gasteiger charge is -2.08. The molecule has 1 saturated heterocycles. The SMILES string of the molecule is CCCCC(=O)NCCC1CCS(=O)(=O)C1. The zero-order valence-electron chi connectivity index (χ0n) is 9.87. The Bertz CT molecular complexity index is 324. The van der Waals surface area contributed by atoms with Crippen LogP contribution in [0.4, 0.5) is 0 Å². The molecule has 0 bridgehead atoms. The van der Waals surface area contributed by atoms with E-state index in [0.29, 0.717) is 24.5 Å². The molecule has 1 amide bonds. The molecule has 1 unspecified atom stereocenters. The van der Waals surface area contributed by atoms with E-state index in [9.17, 15) is 13.2 Å². The van der Waals surface area contributed by atoms with Crippen molar-refractivity contribution in [2.24, 2.45) is 5.92 Å². The zero-order valence-corrected chi connectivity index (χ0v) is 10.7. The topological polar surface area (TPSA) is 63.2 Å². The smallest absolute Gasteiger partial charge is 0.219 e. The first kappa shape index (κ1) is 13.5. The van der Waals surface area contributed by atoms with Crippen LogP contribution in [0.2, 0.25) is 0 Å². The summed E-state index contributed by atoms with van der Waals surface area (Å²) in [5, 5.41) is 2.84. The van der Waals surface area contributed by atoms with Crippen molar-refractivity contribution in [2.45, 2.75) is 39.0 Å². The average molecular weight is 247 g/mol. The predicted octanol–water partition coefficient (Wildman–Crippen LogP) is 1.12. The van der Waals surface area contributed by atoms with Crippen molar-refractivity contribution < 1.29 is 13.2 Å². The van der Waals surface area contributed by atoms with Gasteiger partial charge in [-0.25, -0.2) is 8.42 Å². The molecule has 0 aliphatic carbocycles. The van der Waals surface area contributed by atoms with Crippen molar-refractivity contribution in [3.63, 3.8) is 0 Å². The van der Waals surface area contributed by atoms with Crippen molar-refractivity contribution in [1.29, 1.82) is 0 Å². The molecule has 0 spiro atoms. The fraction of sp³-hybridized carbons (Fsp3) is 0.909. The Kier molecular flexibility index (Phi) is 5.25. The highest BCUT2D eigenvalue weighted by Crippen LogP contribution is 2.20. The van der Waals surface area contributed by atoms with Gasteiger partial charge in [0.2, 0.25) is 5.91 Å². The molecule has 1 fully saturated rings. The van der Waals surface area contributed by atoms with Gasteiger partial charge < -0.3 is 5.32 Å². The predicted molar refractivity (Wildman–Crippen MR) is 63.9 cm³/mol. The van der Waals surface area contributed by atoms with E-state index in [0.717, 1.165) is 25.7 Å². The molecule has 5 heteroatoms. The second-order valence-corrected chi connectivity index (χ2v) is 6.74. The Labute approximate surface area is 97.7 Å². The van der Waals surface area contributed by atoms with Crippen LogP contribution in [0.1, 0.15) is 39.0 Å². The molecule has 0 saturated carbocycles. The van der Waals surface area contributed by atoms with Gasteiger partial charge in [0.25, 0.3) is 0 Å². The lowest BCUT2D eigenvalue weighted by atomic mass is 10.1. The highest BCUT2D eigenvalue weighted by atomic mass is 32.2. The van der Waals surface area contributed by atoms with Crippen LogP contribution in [0.25, 0.3) is 0 Å². The van der Waals surface area contributed by atoms with E-state index in [1.165, 1.54) is 0 Å². The van der Waals surface area contributed by atoms with Crippen molar-refractivity contribution in [2.75, 3.05) is 18.1 Å². The van der Waals surface area contributed by atoms with Crippen LogP contribution in [0, 0.1) is 5.92 Å². The Hall–Kier alpha value is -0.580. The molecule has 1 heterocycles. The van der Waals surface area contributed by atoms with Gasteiger partial charge in [0, 0.05) is 13.0 Å². The van der Waals surface area contributed by atoms with Crippen molar-refractivity contribution in [3.8, 4) is 0 Å². The number of hydrogen-bond donors (Lipinski definition) is 1. The molecule has 1 atom stereocenters. The van der Waals surface area contributed by atoms with Gasteiger partial charge >= 0.3 is 0 Å². The Morgan fingerprint density at radius 1 is 1.44 bits per heavy atom. The Balaban J connectivity index is 2.10. The van der Waals surface area contributed by atoms with Gasteiger partial charge in [0.05, 0.1) is 11.5 Å². The quantitative estimate of drug-likeness (QED) is 0.765. The maximum absolute atomic E-state index is 11.3. The summed E-state index contributed by atoms with van der Waals surface area (Å²) < 4.78 is 22.4. The van der Waals surface area contributed by atoms with E-state index in [2.05, 4.69) is 12.2 Å². The summed E-state index contributed by atoms with van der Waals surface area (Å²) in [6.45, 7) is 2.67. The van der Waals surface area contributed by atoms with Crippen LogP contribution in [0.5, 0.6) is 0 Å². The third-order valence-corrected chi connectivity index (χ3v) is 4.80. The minimum absolute atomic E-state index is 0.0858. The summed E-state index contributed by atoms with van der Waals surface area (Å²) in [6, 6.07) is 0. The number of rotatable bonds is 6. The van der Waals surface area contributed by atoms with Gasteiger partial charge in [-0.1, -0.05) is 13.3 Å². The van der Waals surface area contributed by atoms with Gasteiger partial charge in [0.15, 0.2) is 9.84 Å². The monoisotopic (exact) mass is 247 g/mol. The third-order valence-electron chi connectivity index (χ3n) is 2.96. The number of carbonyl (C=O) groups excluding carboxylic acids is 1. The number of hydrogen-bond acceptors (Lipinski definition) is 3. The molecule has 0 aromatic heterocycles. The Morgan fingerprint density at radius 3 is 2.75 bits per heavy atom. The highest BCUT2D eigenvalue weighted by molar-refractivity contribution is 7.91. The fourth-order valence-corrected chi connectivity index (χ4v) is 3.85. The van der Waals surface area contributed by atoms with E-state index in [1.54, 1.807) is 0 Å². The summed E-state index contributed by atoms with van der Waals surface area (Å²) >= 11 is 0. The van der Waals surface area contributed by atoms with Gasteiger partial charge in [0.1, 0.15) is 0 Å². The molecule has 4 nitrogen and oxygen atoms in total. The fourth-order valence-electron chi connectivity index (χ4n) is 1.94. The second kappa shape index (κ2) is 6.23. The van der Waals surface area contributed by atoms with Crippen LogP contribution in [-0.2, 0) is 14.6 Å². The summed E-state index contributed by atoms with van der Waals surface area (Å²) in [6.07, 6.45) is 4.07. The van der Waals surface area contributed by atoms with Crippen LogP contribution in [0.3, 0.4) is 0 Å². The molecular formula is C11H21NO3S. The molecule has 1 aliphatic rings. The van der Waals surface area contributed by atoms with Crippen LogP contribution < -0.4 is 5.32 Å². The highest BCUT2D eigenvalue weighted by Gasteiger charge is 2.27. The maximum Gasteiger partial charge on any atom is 0.219 e. The van der Waals surface area contributed by atoms with Crippen LogP contribution in [0.15, 0.2) is 0 Å². The third kappa shape index (κ3) is 4.96. The van der Waals surface area contributed by atoms with E-state index in [1.807, 2.05) is 0 Å². The minimum atomic E-state index is -2.77. The minimum Gasteiger partial charge on any atom is -0.356 e. The largest absolute Gasteiger partial charge is 0.356 e. The maximum atomic E-state index is 11.3. The van der Waals surface area contributed by atoms with Gasteiger partial charge in [-0.2, -0.15) is 0 Å². The first-order valence-electron chi connectivity index (χ1n) is 6.00. The lowest BCUT2D eigenvalue weighted by molar-refractivity contribution is -0.121. The standard InChI is InChI=1S/C11H21NO3S/c1-2-3-4-11(13)12-7-5-10-6-8-16(14,15)9-10/h10H,2-9H2,1H3,(H,12,13). The molecule has 16 heavy (non-hydrogen) atoms. The summed E-state index contributed by atoms with van der Waals surface area (Å²) in [4.78, 5) is 11.3. The van der Waals surface area contributed by atoms with Gasteiger partial charge in [-0.3, -0.25) is 4.79 Å². The first-order chi connectivity index (χ1) is 7.53. The van der Waals surface area contributed by atoms with Gasteiger partial charge in [-0.05, 0) is 25.2 Å². The van der Waals surface area contributed by atoms with Crippen molar-refractivity contribution in [3.05, 3.63) is 0 Å². The summed E-state index contributed by atoms with van der Waals surface area (Å²) in [7, 11) is -2.77. The Morgan fingerprint density at radius 2 is 2.19 bits per heavy atom. The zero-order chi connectivity index (χ0) is 12.0. The molecule has 0 radical (unpaired) electrons. The van der Waals surface area contributed by atoms with E-state index >= 15 is 0 Å². The molecule has 0 aromatic carbocycles. The average Bonchev–Trinajstić information content (AvgIpc) is 2.55. The molecule has 1 N–H and O–H groups in total. The molecule has 0 aromatic rings. The van der Waals surface area contributed by atoms with E-state index in [4.69, 9.17) is 0 Å². The molecule has 94 valence electrons. The lowest BCUT2D eigenvalue weighted by Crippen LogP contribution is -2.25. The second-order valence-electron chi connectivity index (χ2n) is 4.51.